The van der Waals surface area contributed by atoms with Gasteiger partial charge in [-0.1, -0.05) is 18.2 Å². The van der Waals surface area contributed by atoms with Gasteiger partial charge >= 0.3 is 5.97 Å². The summed E-state index contributed by atoms with van der Waals surface area (Å²) in [5.41, 5.74) is 1.13. The van der Waals surface area contributed by atoms with Gasteiger partial charge in [0.05, 0.1) is 0 Å². The lowest BCUT2D eigenvalue weighted by Gasteiger charge is -2.32. The third kappa shape index (κ3) is 2.64. The van der Waals surface area contributed by atoms with Crippen molar-refractivity contribution < 1.29 is 14.6 Å². The van der Waals surface area contributed by atoms with Crippen LogP contribution in [0.5, 0.6) is 0 Å². The van der Waals surface area contributed by atoms with Gasteiger partial charge in [0.25, 0.3) is 0 Å². The second kappa shape index (κ2) is 5.10. The van der Waals surface area contributed by atoms with Crippen LogP contribution in [0, 0.1) is 6.92 Å². The quantitative estimate of drug-likeness (QED) is 0.898. The number of hydrogen-bond donors (Lipinski definition) is 1. The van der Waals surface area contributed by atoms with Crippen LogP contribution in [0.15, 0.2) is 29.2 Å². The predicted octanol–water partition coefficient (Wildman–Crippen LogP) is 2.72. The molecule has 92 valence electrons. The molecule has 0 amide bonds. The number of ether oxygens (including phenoxy) is 1. The molecule has 0 aromatic heterocycles. The lowest BCUT2D eigenvalue weighted by Crippen LogP contribution is -2.40. The van der Waals surface area contributed by atoms with Gasteiger partial charge in [0.15, 0.2) is 0 Å². The zero-order chi connectivity index (χ0) is 12.3. The highest BCUT2D eigenvalue weighted by Gasteiger charge is 2.41. The van der Waals surface area contributed by atoms with Gasteiger partial charge in [-0.2, -0.15) is 0 Å². The first-order valence-electron chi connectivity index (χ1n) is 5.70. The van der Waals surface area contributed by atoms with Crippen molar-refractivity contribution in [2.45, 2.75) is 29.4 Å². The monoisotopic (exact) mass is 252 g/mol. The maximum Gasteiger partial charge on any atom is 0.320 e. The Morgan fingerprint density at radius 2 is 2.00 bits per heavy atom. The van der Waals surface area contributed by atoms with Crippen molar-refractivity contribution in [2.75, 3.05) is 13.2 Å². The number of thioether (sulfide) groups is 1. The Morgan fingerprint density at radius 3 is 2.59 bits per heavy atom. The molecule has 0 saturated carbocycles. The van der Waals surface area contributed by atoms with E-state index in [0.29, 0.717) is 26.1 Å². The van der Waals surface area contributed by atoms with Crippen molar-refractivity contribution in [3.05, 3.63) is 29.8 Å². The molecule has 1 fully saturated rings. The van der Waals surface area contributed by atoms with E-state index < -0.39 is 10.7 Å². The van der Waals surface area contributed by atoms with E-state index in [9.17, 15) is 9.90 Å². The predicted molar refractivity (Wildman–Crippen MR) is 67.5 cm³/mol. The lowest BCUT2D eigenvalue weighted by atomic mass is 9.99. The molecule has 1 heterocycles. The summed E-state index contributed by atoms with van der Waals surface area (Å²) in [6.07, 6.45) is 1.14. The number of aryl methyl sites for hydroxylation is 1. The van der Waals surface area contributed by atoms with E-state index >= 15 is 0 Å². The van der Waals surface area contributed by atoms with Crippen molar-refractivity contribution in [1.82, 2.24) is 0 Å². The maximum atomic E-state index is 11.5. The molecule has 17 heavy (non-hydrogen) atoms. The second-order valence-electron chi connectivity index (χ2n) is 4.28. The summed E-state index contributed by atoms with van der Waals surface area (Å²) in [6.45, 7) is 3.08. The SMILES string of the molecule is Cc1ccccc1SC1(C(=O)O)CCOCC1. The molecular weight excluding hydrogens is 236 g/mol. The molecule has 0 unspecified atom stereocenters. The minimum atomic E-state index is -0.728. The van der Waals surface area contributed by atoms with E-state index in [1.165, 1.54) is 11.8 Å². The van der Waals surface area contributed by atoms with Crippen molar-refractivity contribution >= 4 is 17.7 Å². The first-order chi connectivity index (χ1) is 8.14. The van der Waals surface area contributed by atoms with Crippen LogP contribution in [0.2, 0.25) is 0 Å². The zero-order valence-electron chi connectivity index (χ0n) is 9.81. The lowest BCUT2D eigenvalue weighted by molar-refractivity contribution is -0.142. The average Bonchev–Trinajstić information content (AvgIpc) is 2.33. The normalized spacial score (nSPS) is 18.9. The van der Waals surface area contributed by atoms with Gasteiger partial charge in [-0.3, -0.25) is 4.79 Å². The number of aliphatic carboxylic acids is 1. The van der Waals surface area contributed by atoms with Crippen LogP contribution >= 0.6 is 11.8 Å². The van der Waals surface area contributed by atoms with Crippen LogP contribution in [-0.2, 0) is 9.53 Å². The van der Waals surface area contributed by atoms with Gasteiger partial charge in [0.1, 0.15) is 4.75 Å². The maximum absolute atomic E-state index is 11.5. The Bertz CT molecular complexity index is 411. The molecule has 0 atom stereocenters. The molecule has 1 aromatic carbocycles. The van der Waals surface area contributed by atoms with Crippen molar-refractivity contribution in [3.8, 4) is 0 Å². The van der Waals surface area contributed by atoms with E-state index in [0.717, 1.165) is 10.5 Å². The summed E-state index contributed by atoms with van der Waals surface area (Å²) in [7, 11) is 0. The minimum Gasteiger partial charge on any atom is -0.480 e. The van der Waals surface area contributed by atoms with Gasteiger partial charge in [-0.15, -0.1) is 11.8 Å². The molecule has 1 aromatic rings. The van der Waals surface area contributed by atoms with E-state index in [1.54, 1.807) is 0 Å². The first kappa shape index (κ1) is 12.5. The summed E-state index contributed by atoms with van der Waals surface area (Å²) >= 11 is 1.47. The van der Waals surface area contributed by atoms with Gasteiger partial charge < -0.3 is 9.84 Å². The van der Waals surface area contributed by atoms with Gasteiger partial charge in [-0.05, 0) is 31.4 Å². The summed E-state index contributed by atoms with van der Waals surface area (Å²) in [6, 6.07) is 7.92. The summed E-state index contributed by atoms with van der Waals surface area (Å²) < 4.78 is 4.55. The smallest absolute Gasteiger partial charge is 0.320 e. The highest BCUT2D eigenvalue weighted by molar-refractivity contribution is 8.01. The fraction of sp³-hybridized carbons (Fsp3) is 0.462. The Morgan fingerprint density at radius 1 is 1.35 bits per heavy atom. The summed E-state index contributed by atoms with van der Waals surface area (Å²) in [4.78, 5) is 12.6. The first-order valence-corrected chi connectivity index (χ1v) is 6.51. The molecule has 3 nitrogen and oxygen atoms in total. The van der Waals surface area contributed by atoms with Crippen LogP contribution < -0.4 is 0 Å². The summed E-state index contributed by atoms with van der Waals surface area (Å²) in [5, 5.41) is 9.46. The molecule has 0 bridgehead atoms. The third-order valence-electron chi connectivity index (χ3n) is 3.09. The van der Waals surface area contributed by atoms with Gasteiger partial charge in [0.2, 0.25) is 0 Å². The van der Waals surface area contributed by atoms with Crippen molar-refractivity contribution in [3.63, 3.8) is 0 Å². The Kier molecular flexibility index (Phi) is 3.74. The molecule has 1 aliphatic heterocycles. The van der Waals surface area contributed by atoms with E-state index in [-0.39, 0.29) is 0 Å². The largest absolute Gasteiger partial charge is 0.480 e. The topological polar surface area (TPSA) is 46.5 Å². The molecule has 0 aliphatic carbocycles. The number of carbonyl (C=O) groups is 1. The molecule has 1 saturated heterocycles. The third-order valence-corrected chi connectivity index (χ3v) is 4.74. The molecule has 2 rings (SSSR count). The van der Waals surface area contributed by atoms with E-state index in [4.69, 9.17) is 4.74 Å². The van der Waals surface area contributed by atoms with Crippen LogP contribution in [0.25, 0.3) is 0 Å². The van der Waals surface area contributed by atoms with Crippen LogP contribution in [0.1, 0.15) is 18.4 Å². The molecule has 1 N–H and O–H groups in total. The van der Waals surface area contributed by atoms with Gasteiger partial charge in [0, 0.05) is 18.1 Å². The van der Waals surface area contributed by atoms with Gasteiger partial charge in [-0.25, -0.2) is 0 Å². The highest BCUT2D eigenvalue weighted by Crippen LogP contribution is 2.41. The molecule has 1 aliphatic rings. The Hall–Kier alpha value is -1.00. The standard InChI is InChI=1S/C13H16O3S/c1-10-4-2-3-5-11(10)17-13(12(14)15)6-8-16-9-7-13/h2-5H,6-9H2,1H3,(H,14,15). The van der Waals surface area contributed by atoms with Crippen LogP contribution in [-0.4, -0.2) is 29.0 Å². The molecule has 4 heteroatoms. The summed E-state index contributed by atoms with van der Waals surface area (Å²) in [5.74, 6) is -0.728. The molecular formula is C13H16O3S. The fourth-order valence-electron chi connectivity index (χ4n) is 1.94. The second-order valence-corrected chi connectivity index (χ2v) is 5.70. The fourth-order valence-corrected chi connectivity index (χ4v) is 3.20. The number of rotatable bonds is 3. The van der Waals surface area contributed by atoms with E-state index in [1.807, 2.05) is 31.2 Å². The Balaban J connectivity index is 2.24. The highest BCUT2D eigenvalue weighted by atomic mass is 32.2. The zero-order valence-corrected chi connectivity index (χ0v) is 10.6. The molecule has 0 spiro atoms. The number of carboxylic acids is 1. The molecule has 0 radical (unpaired) electrons. The van der Waals surface area contributed by atoms with Crippen LogP contribution in [0.3, 0.4) is 0 Å². The number of benzene rings is 1. The van der Waals surface area contributed by atoms with Crippen molar-refractivity contribution in [2.24, 2.45) is 0 Å². The average molecular weight is 252 g/mol. The van der Waals surface area contributed by atoms with Crippen LogP contribution in [0.4, 0.5) is 0 Å². The number of carboxylic acid groups (broad SMARTS) is 1. The van der Waals surface area contributed by atoms with E-state index in [2.05, 4.69) is 0 Å². The van der Waals surface area contributed by atoms with Crippen molar-refractivity contribution in [1.29, 1.82) is 0 Å². The number of hydrogen-bond acceptors (Lipinski definition) is 3. The Labute approximate surface area is 105 Å². The minimum absolute atomic E-state index is 0.533.